The van der Waals surface area contributed by atoms with E-state index in [2.05, 4.69) is 25.3 Å². The van der Waals surface area contributed by atoms with Crippen molar-refractivity contribution in [2.45, 2.75) is 18.9 Å². The standard InChI is InChI=1S/C13H18O/c1-3-9-11-7-5-6-8-12(11)10(4-2)13(9)14/h3-6,9-14H,1-2,7-8H2/t9-,10+,11+,12-,13?. The molecule has 0 bridgehead atoms. The predicted molar refractivity (Wildman–Crippen MR) is 58.7 cm³/mol. The molecule has 2 aliphatic carbocycles. The van der Waals surface area contributed by atoms with Crippen LogP contribution in [0.1, 0.15) is 12.8 Å². The minimum Gasteiger partial charge on any atom is -0.392 e. The second-order valence-corrected chi connectivity index (χ2v) is 4.39. The fraction of sp³-hybridized carbons (Fsp3) is 0.538. The van der Waals surface area contributed by atoms with E-state index in [-0.39, 0.29) is 17.9 Å². The fourth-order valence-electron chi connectivity index (χ4n) is 3.13. The molecule has 0 aliphatic heterocycles. The highest BCUT2D eigenvalue weighted by atomic mass is 16.3. The summed E-state index contributed by atoms with van der Waals surface area (Å²) in [5.41, 5.74) is 0. The van der Waals surface area contributed by atoms with Crippen molar-refractivity contribution in [1.29, 1.82) is 0 Å². The number of aliphatic hydroxyl groups excluding tert-OH is 1. The summed E-state index contributed by atoms with van der Waals surface area (Å²) in [5, 5.41) is 10.1. The van der Waals surface area contributed by atoms with Crippen LogP contribution in [0.4, 0.5) is 0 Å². The van der Waals surface area contributed by atoms with Crippen molar-refractivity contribution < 1.29 is 5.11 Å². The second kappa shape index (κ2) is 3.74. The van der Waals surface area contributed by atoms with E-state index in [1.165, 1.54) is 0 Å². The molecule has 1 nitrogen and oxygen atoms in total. The predicted octanol–water partition coefficient (Wildman–Crippen LogP) is 2.55. The molecule has 5 atom stereocenters. The van der Waals surface area contributed by atoms with Crippen LogP contribution in [0.25, 0.3) is 0 Å². The van der Waals surface area contributed by atoms with E-state index in [0.29, 0.717) is 11.8 Å². The molecule has 0 spiro atoms. The van der Waals surface area contributed by atoms with Crippen molar-refractivity contribution in [2.75, 3.05) is 0 Å². The molecule has 0 heterocycles. The summed E-state index contributed by atoms with van der Waals surface area (Å²) in [5.74, 6) is 1.67. The molecule has 2 rings (SSSR count). The van der Waals surface area contributed by atoms with Gasteiger partial charge in [-0.1, -0.05) is 24.3 Å². The molecule has 0 aromatic heterocycles. The van der Waals surface area contributed by atoms with E-state index in [1.54, 1.807) is 0 Å². The van der Waals surface area contributed by atoms with Crippen LogP contribution >= 0.6 is 0 Å². The summed E-state index contributed by atoms with van der Waals surface area (Å²) in [6.07, 6.45) is 10.2. The van der Waals surface area contributed by atoms with E-state index in [4.69, 9.17) is 0 Å². The smallest absolute Gasteiger partial charge is 0.0670 e. The Balaban J connectivity index is 2.27. The maximum Gasteiger partial charge on any atom is 0.0670 e. The highest BCUT2D eigenvalue weighted by Crippen LogP contribution is 2.48. The molecule has 1 N–H and O–H groups in total. The third kappa shape index (κ3) is 1.27. The highest BCUT2D eigenvalue weighted by molar-refractivity contribution is 5.13. The Labute approximate surface area is 85.8 Å². The first-order valence-corrected chi connectivity index (χ1v) is 5.37. The van der Waals surface area contributed by atoms with Crippen LogP contribution in [0.2, 0.25) is 0 Å². The maximum absolute atomic E-state index is 10.1. The molecule has 0 saturated heterocycles. The summed E-state index contributed by atoms with van der Waals surface area (Å²) in [6.45, 7) is 7.67. The quantitative estimate of drug-likeness (QED) is 0.663. The van der Waals surface area contributed by atoms with Crippen LogP contribution in [0.5, 0.6) is 0 Å². The van der Waals surface area contributed by atoms with Crippen LogP contribution in [0.3, 0.4) is 0 Å². The monoisotopic (exact) mass is 190 g/mol. The minimum atomic E-state index is -0.264. The summed E-state index contributed by atoms with van der Waals surface area (Å²) in [6, 6.07) is 0. The Bertz CT molecular complexity index is 240. The number of fused-ring (bicyclic) bond motifs is 1. The van der Waals surface area contributed by atoms with Crippen molar-refractivity contribution in [3.63, 3.8) is 0 Å². The molecule has 0 aromatic carbocycles. The molecular weight excluding hydrogens is 172 g/mol. The van der Waals surface area contributed by atoms with Crippen molar-refractivity contribution in [2.24, 2.45) is 23.7 Å². The molecular formula is C13H18O. The van der Waals surface area contributed by atoms with E-state index < -0.39 is 0 Å². The van der Waals surface area contributed by atoms with Gasteiger partial charge in [0.25, 0.3) is 0 Å². The second-order valence-electron chi connectivity index (χ2n) is 4.39. The zero-order valence-corrected chi connectivity index (χ0v) is 8.47. The summed E-state index contributed by atoms with van der Waals surface area (Å²) in [4.78, 5) is 0. The van der Waals surface area contributed by atoms with Crippen molar-refractivity contribution in [3.05, 3.63) is 37.5 Å². The number of rotatable bonds is 2. The van der Waals surface area contributed by atoms with Gasteiger partial charge < -0.3 is 5.11 Å². The Morgan fingerprint density at radius 3 is 1.79 bits per heavy atom. The van der Waals surface area contributed by atoms with Crippen LogP contribution < -0.4 is 0 Å². The molecule has 0 amide bonds. The van der Waals surface area contributed by atoms with E-state index in [9.17, 15) is 5.11 Å². The number of hydrogen-bond acceptors (Lipinski definition) is 1. The molecule has 1 fully saturated rings. The van der Waals surface area contributed by atoms with Crippen molar-refractivity contribution >= 4 is 0 Å². The molecule has 0 aromatic rings. The van der Waals surface area contributed by atoms with E-state index >= 15 is 0 Å². The largest absolute Gasteiger partial charge is 0.392 e. The third-order valence-electron chi connectivity index (χ3n) is 3.85. The molecule has 1 saturated carbocycles. The summed E-state index contributed by atoms with van der Waals surface area (Å²) in [7, 11) is 0. The normalized spacial score (nSPS) is 45.9. The molecule has 76 valence electrons. The van der Waals surface area contributed by atoms with Gasteiger partial charge in [-0.05, 0) is 24.7 Å². The number of aliphatic hydroxyl groups is 1. The first kappa shape index (κ1) is 9.72. The molecule has 2 aliphatic rings. The molecule has 1 unspecified atom stereocenters. The average Bonchev–Trinajstić information content (AvgIpc) is 2.49. The first-order valence-electron chi connectivity index (χ1n) is 5.37. The lowest BCUT2D eigenvalue weighted by molar-refractivity contribution is 0.116. The fourth-order valence-corrected chi connectivity index (χ4v) is 3.13. The lowest BCUT2D eigenvalue weighted by atomic mass is 9.79. The van der Waals surface area contributed by atoms with Gasteiger partial charge in [0, 0.05) is 11.8 Å². The van der Waals surface area contributed by atoms with Gasteiger partial charge in [0.05, 0.1) is 6.10 Å². The molecule has 0 radical (unpaired) electrons. The Kier molecular flexibility index (Phi) is 2.60. The van der Waals surface area contributed by atoms with Crippen molar-refractivity contribution in [3.8, 4) is 0 Å². The van der Waals surface area contributed by atoms with Gasteiger partial charge in [0.2, 0.25) is 0 Å². The summed E-state index contributed by atoms with van der Waals surface area (Å²) >= 11 is 0. The molecule has 1 heteroatoms. The Morgan fingerprint density at radius 1 is 1.00 bits per heavy atom. The minimum absolute atomic E-state index is 0.257. The van der Waals surface area contributed by atoms with Gasteiger partial charge in [-0.2, -0.15) is 0 Å². The number of allylic oxidation sites excluding steroid dienone is 2. The lowest BCUT2D eigenvalue weighted by Crippen LogP contribution is -2.20. The van der Waals surface area contributed by atoms with Crippen LogP contribution in [-0.2, 0) is 0 Å². The van der Waals surface area contributed by atoms with E-state index in [1.807, 2.05) is 12.2 Å². The van der Waals surface area contributed by atoms with Crippen LogP contribution in [-0.4, -0.2) is 11.2 Å². The maximum atomic E-state index is 10.1. The van der Waals surface area contributed by atoms with E-state index in [0.717, 1.165) is 12.8 Å². The van der Waals surface area contributed by atoms with Crippen LogP contribution in [0, 0.1) is 23.7 Å². The topological polar surface area (TPSA) is 20.2 Å². The van der Waals surface area contributed by atoms with Gasteiger partial charge >= 0.3 is 0 Å². The third-order valence-corrected chi connectivity index (χ3v) is 3.85. The molecule has 14 heavy (non-hydrogen) atoms. The first-order chi connectivity index (χ1) is 6.79. The number of hydrogen-bond donors (Lipinski definition) is 1. The average molecular weight is 190 g/mol. The lowest BCUT2D eigenvalue weighted by Gasteiger charge is -2.25. The van der Waals surface area contributed by atoms with Crippen molar-refractivity contribution in [1.82, 2.24) is 0 Å². The van der Waals surface area contributed by atoms with Crippen LogP contribution in [0.15, 0.2) is 37.5 Å². The Hall–Kier alpha value is -0.820. The van der Waals surface area contributed by atoms with Gasteiger partial charge in [-0.25, -0.2) is 0 Å². The Morgan fingerprint density at radius 2 is 1.43 bits per heavy atom. The highest BCUT2D eigenvalue weighted by Gasteiger charge is 2.46. The zero-order chi connectivity index (χ0) is 10.1. The van der Waals surface area contributed by atoms with Gasteiger partial charge in [0.1, 0.15) is 0 Å². The van der Waals surface area contributed by atoms with Gasteiger partial charge in [-0.15, -0.1) is 13.2 Å². The van der Waals surface area contributed by atoms with Gasteiger partial charge in [-0.3, -0.25) is 0 Å². The zero-order valence-electron chi connectivity index (χ0n) is 8.47. The summed E-state index contributed by atoms with van der Waals surface area (Å²) < 4.78 is 0. The SMILES string of the molecule is C=C[C@@H]1C(O)[C@H](C=C)[C@@H]2CC=CC[C@@H]21. The van der Waals surface area contributed by atoms with Gasteiger partial charge in [0.15, 0.2) is 0 Å².